The lowest BCUT2D eigenvalue weighted by atomic mass is 10.1. The monoisotopic (exact) mass is 197 g/mol. The highest BCUT2D eigenvalue weighted by molar-refractivity contribution is 4.81. The summed E-state index contributed by atoms with van der Waals surface area (Å²) in [7, 11) is 0. The second kappa shape index (κ2) is 10.8. The van der Waals surface area contributed by atoms with Gasteiger partial charge in [-0.15, -0.1) is 0 Å². The van der Waals surface area contributed by atoms with Crippen molar-refractivity contribution in [3.63, 3.8) is 0 Å². The van der Waals surface area contributed by atoms with Gasteiger partial charge in [-0.05, 0) is 32.6 Å². The smallest absolute Gasteiger partial charge is 0.0902 e. The van der Waals surface area contributed by atoms with Gasteiger partial charge in [0.1, 0.15) is 0 Å². The third kappa shape index (κ3) is 11.7. The summed E-state index contributed by atoms with van der Waals surface area (Å²) in [5.41, 5.74) is 0. The molecule has 0 heterocycles. The Labute approximate surface area is 89.2 Å². The van der Waals surface area contributed by atoms with Crippen molar-refractivity contribution >= 4 is 0 Å². The molecule has 14 heavy (non-hydrogen) atoms. The minimum absolute atomic E-state index is 0.366. The van der Waals surface area contributed by atoms with Gasteiger partial charge in [-0.2, -0.15) is 0 Å². The molecule has 0 aromatic carbocycles. The molecule has 1 atom stereocenters. The van der Waals surface area contributed by atoms with E-state index < -0.39 is 0 Å². The maximum absolute atomic E-state index is 10.7. The zero-order valence-corrected chi connectivity index (χ0v) is 9.80. The molecule has 0 fully saturated rings. The Morgan fingerprint density at radius 1 is 1.00 bits per heavy atom. The summed E-state index contributed by atoms with van der Waals surface area (Å²) < 4.78 is 0. The Morgan fingerprint density at radius 2 is 1.64 bits per heavy atom. The highest BCUT2D eigenvalue weighted by Gasteiger charge is 1.95. The fourth-order valence-corrected chi connectivity index (χ4v) is 1.43. The quantitative estimate of drug-likeness (QED) is 0.383. The molecule has 83 valence electrons. The largest absolute Gasteiger partial charge is 0.233 e. The first-order valence-electron chi connectivity index (χ1n) is 6.08. The summed E-state index contributed by atoms with van der Waals surface area (Å²) in [4.78, 5) is 0. The van der Waals surface area contributed by atoms with Gasteiger partial charge in [-0.25, -0.2) is 5.11 Å². The van der Waals surface area contributed by atoms with Gasteiger partial charge >= 0.3 is 0 Å². The highest BCUT2D eigenvalue weighted by Crippen LogP contribution is 2.06. The number of hydrogen-bond donors (Lipinski definition) is 0. The molecule has 0 spiro atoms. The van der Waals surface area contributed by atoms with Crippen molar-refractivity contribution < 1.29 is 5.11 Å². The summed E-state index contributed by atoms with van der Waals surface area (Å²) >= 11 is 0. The van der Waals surface area contributed by atoms with Crippen LogP contribution in [0, 0.1) is 0 Å². The van der Waals surface area contributed by atoms with Crippen LogP contribution in [-0.4, -0.2) is 6.10 Å². The molecule has 0 aliphatic rings. The molecular formula is C13H25O. The van der Waals surface area contributed by atoms with Gasteiger partial charge < -0.3 is 0 Å². The number of rotatable bonds is 9. The molecule has 1 heteroatoms. The van der Waals surface area contributed by atoms with E-state index in [0.29, 0.717) is 0 Å². The number of hydrogen-bond acceptors (Lipinski definition) is 0. The van der Waals surface area contributed by atoms with E-state index in [-0.39, 0.29) is 6.10 Å². The van der Waals surface area contributed by atoms with Crippen LogP contribution in [0.5, 0.6) is 0 Å². The second-order valence-electron chi connectivity index (χ2n) is 4.06. The maximum Gasteiger partial charge on any atom is 0.0902 e. The van der Waals surface area contributed by atoms with Crippen LogP contribution in [0.3, 0.4) is 0 Å². The van der Waals surface area contributed by atoms with Crippen LogP contribution in [0.4, 0.5) is 0 Å². The van der Waals surface area contributed by atoms with E-state index in [1.807, 2.05) is 0 Å². The predicted molar refractivity (Wildman–Crippen MR) is 61.9 cm³/mol. The van der Waals surface area contributed by atoms with Crippen molar-refractivity contribution in [3.05, 3.63) is 12.2 Å². The first kappa shape index (κ1) is 13.7. The Hall–Kier alpha value is -0.300. The molecule has 1 nitrogen and oxygen atoms in total. The summed E-state index contributed by atoms with van der Waals surface area (Å²) in [6, 6.07) is 0. The number of allylic oxidation sites excluding steroid dienone is 2. The third-order valence-corrected chi connectivity index (χ3v) is 2.37. The van der Waals surface area contributed by atoms with Crippen LogP contribution in [0.25, 0.3) is 0 Å². The lowest BCUT2D eigenvalue weighted by molar-refractivity contribution is 0.0951. The molecule has 0 aliphatic carbocycles. The third-order valence-electron chi connectivity index (χ3n) is 2.37. The molecule has 1 unspecified atom stereocenters. The Bertz CT molecular complexity index is 127. The fraction of sp³-hybridized carbons (Fsp3) is 0.846. The predicted octanol–water partition coefficient (Wildman–Crippen LogP) is 4.50. The first-order valence-corrected chi connectivity index (χ1v) is 6.08. The standard InChI is InChI=1S/C13H25O/c1-3-4-5-6-7-8-9-10-11-12-13(2)14/h6-7,13H,3-5,8-12H2,1-2H3. The summed E-state index contributed by atoms with van der Waals surface area (Å²) in [5, 5.41) is 10.7. The van der Waals surface area contributed by atoms with Crippen molar-refractivity contribution in [2.45, 2.75) is 71.3 Å². The van der Waals surface area contributed by atoms with Gasteiger partial charge in [-0.1, -0.05) is 44.8 Å². The van der Waals surface area contributed by atoms with E-state index >= 15 is 0 Å². The Kier molecular flexibility index (Phi) is 10.5. The lowest BCUT2D eigenvalue weighted by Crippen LogP contribution is -1.95. The van der Waals surface area contributed by atoms with Crippen LogP contribution in [-0.2, 0) is 5.11 Å². The maximum atomic E-state index is 10.7. The first-order chi connectivity index (χ1) is 6.77. The van der Waals surface area contributed by atoms with Crippen LogP contribution in [0.2, 0.25) is 0 Å². The Morgan fingerprint density at radius 3 is 2.21 bits per heavy atom. The van der Waals surface area contributed by atoms with Crippen molar-refractivity contribution in [1.29, 1.82) is 0 Å². The minimum Gasteiger partial charge on any atom is -0.233 e. The normalized spacial score (nSPS) is 13.6. The fourth-order valence-electron chi connectivity index (χ4n) is 1.43. The summed E-state index contributed by atoms with van der Waals surface area (Å²) in [5.74, 6) is 0. The molecule has 0 saturated heterocycles. The van der Waals surface area contributed by atoms with Crippen molar-refractivity contribution in [2.24, 2.45) is 0 Å². The summed E-state index contributed by atoms with van der Waals surface area (Å²) in [6.07, 6.45) is 13.6. The SMILES string of the molecule is CCCCC=CCCCCCC(C)[O]. The minimum atomic E-state index is -0.366. The lowest BCUT2D eigenvalue weighted by Gasteiger charge is -2.00. The molecule has 0 rings (SSSR count). The highest BCUT2D eigenvalue weighted by atomic mass is 16.3. The molecule has 0 amide bonds. The summed E-state index contributed by atoms with van der Waals surface area (Å²) in [6.45, 7) is 3.97. The molecule has 0 aromatic heterocycles. The van der Waals surface area contributed by atoms with E-state index in [2.05, 4.69) is 19.1 Å². The van der Waals surface area contributed by atoms with E-state index in [1.165, 1.54) is 38.5 Å². The van der Waals surface area contributed by atoms with Gasteiger partial charge in [0.15, 0.2) is 0 Å². The van der Waals surface area contributed by atoms with Gasteiger partial charge in [0.25, 0.3) is 0 Å². The zero-order chi connectivity index (χ0) is 10.6. The van der Waals surface area contributed by atoms with E-state index in [1.54, 1.807) is 6.92 Å². The van der Waals surface area contributed by atoms with Gasteiger partial charge in [0, 0.05) is 0 Å². The van der Waals surface area contributed by atoms with Crippen LogP contribution < -0.4 is 0 Å². The average molecular weight is 197 g/mol. The molecule has 0 aromatic rings. The molecule has 0 saturated carbocycles. The average Bonchev–Trinajstić information content (AvgIpc) is 2.15. The zero-order valence-electron chi connectivity index (χ0n) is 9.80. The molecule has 0 bridgehead atoms. The molecular weight excluding hydrogens is 172 g/mol. The van der Waals surface area contributed by atoms with Gasteiger partial charge in [-0.3, -0.25) is 0 Å². The molecule has 0 aliphatic heterocycles. The van der Waals surface area contributed by atoms with Gasteiger partial charge in [0.05, 0.1) is 6.10 Å². The molecule has 1 radical (unpaired) electrons. The van der Waals surface area contributed by atoms with Gasteiger partial charge in [0.2, 0.25) is 0 Å². The van der Waals surface area contributed by atoms with E-state index in [9.17, 15) is 5.11 Å². The topological polar surface area (TPSA) is 19.9 Å². The van der Waals surface area contributed by atoms with Crippen molar-refractivity contribution in [3.8, 4) is 0 Å². The Balaban J connectivity index is 3.01. The van der Waals surface area contributed by atoms with Crippen molar-refractivity contribution in [1.82, 2.24) is 0 Å². The van der Waals surface area contributed by atoms with Crippen LogP contribution >= 0.6 is 0 Å². The number of unbranched alkanes of at least 4 members (excludes halogenated alkanes) is 5. The van der Waals surface area contributed by atoms with E-state index in [0.717, 1.165) is 12.8 Å². The van der Waals surface area contributed by atoms with Crippen molar-refractivity contribution in [2.75, 3.05) is 0 Å². The van der Waals surface area contributed by atoms with E-state index in [4.69, 9.17) is 0 Å². The van der Waals surface area contributed by atoms with Crippen LogP contribution in [0.1, 0.15) is 65.2 Å². The van der Waals surface area contributed by atoms with Crippen LogP contribution in [0.15, 0.2) is 12.2 Å². The second-order valence-corrected chi connectivity index (χ2v) is 4.06. The molecule has 0 N–H and O–H groups in total.